The summed E-state index contributed by atoms with van der Waals surface area (Å²) in [6, 6.07) is 5.25. The van der Waals surface area contributed by atoms with E-state index in [0.717, 1.165) is 25.7 Å². The van der Waals surface area contributed by atoms with E-state index in [-0.39, 0.29) is 16.3 Å². The average Bonchev–Trinajstić information content (AvgIpc) is 2.35. The summed E-state index contributed by atoms with van der Waals surface area (Å²) in [6.45, 7) is 4.91. The summed E-state index contributed by atoms with van der Waals surface area (Å²) in [4.78, 5) is 0. The third-order valence-corrected chi connectivity index (χ3v) is 5.13. The average molecular weight is 270 g/mol. The summed E-state index contributed by atoms with van der Waals surface area (Å²) in [5.74, 6) is -0.287. The lowest BCUT2D eigenvalue weighted by molar-refractivity contribution is 0.0162. The highest BCUT2D eigenvalue weighted by Gasteiger charge is 2.53. The van der Waals surface area contributed by atoms with E-state index in [4.69, 9.17) is 17.3 Å². The van der Waals surface area contributed by atoms with E-state index in [1.165, 1.54) is 0 Å². The largest absolute Gasteiger partial charge is 0.330 e. The molecule has 1 aliphatic rings. The molecule has 0 amide bonds. The number of hydrogen-bond acceptors (Lipinski definition) is 1. The molecular weight excluding hydrogens is 249 g/mol. The molecule has 0 aromatic heterocycles. The molecule has 0 saturated heterocycles. The summed E-state index contributed by atoms with van der Waals surface area (Å²) in [6.07, 6.45) is 4.21. The Morgan fingerprint density at radius 3 is 2.39 bits per heavy atom. The van der Waals surface area contributed by atoms with Gasteiger partial charge in [-0.25, -0.2) is 4.39 Å². The van der Waals surface area contributed by atoms with Gasteiger partial charge in [-0.1, -0.05) is 50.4 Å². The van der Waals surface area contributed by atoms with Crippen LogP contribution in [0.3, 0.4) is 0 Å². The van der Waals surface area contributed by atoms with Crippen LogP contribution < -0.4 is 5.73 Å². The van der Waals surface area contributed by atoms with Crippen molar-refractivity contribution >= 4 is 11.6 Å². The number of hydrogen-bond donors (Lipinski definition) is 1. The van der Waals surface area contributed by atoms with E-state index in [1.807, 2.05) is 12.1 Å². The molecule has 1 aliphatic carbocycles. The van der Waals surface area contributed by atoms with Gasteiger partial charge in [0.15, 0.2) is 0 Å². The topological polar surface area (TPSA) is 26.0 Å². The summed E-state index contributed by atoms with van der Waals surface area (Å²) in [5.41, 5.74) is 6.78. The molecule has 1 aromatic rings. The smallest absolute Gasteiger partial charge is 0.145 e. The second-order valence-corrected chi connectivity index (χ2v) is 6.05. The van der Waals surface area contributed by atoms with Gasteiger partial charge in [0, 0.05) is 12.0 Å². The summed E-state index contributed by atoms with van der Waals surface area (Å²) < 4.78 is 14.2. The van der Waals surface area contributed by atoms with Gasteiger partial charge < -0.3 is 5.73 Å². The molecule has 0 bridgehead atoms. The fraction of sp³-hybridized carbons (Fsp3) is 0.600. The van der Waals surface area contributed by atoms with Crippen LogP contribution in [-0.4, -0.2) is 6.54 Å². The van der Waals surface area contributed by atoms with E-state index in [2.05, 4.69) is 13.8 Å². The third-order valence-electron chi connectivity index (χ3n) is 4.84. The maximum Gasteiger partial charge on any atom is 0.145 e. The molecule has 0 spiro atoms. The summed E-state index contributed by atoms with van der Waals surface area (Å²) in [5, 5.41) is 0.200. The minimum absolute atomic E-state index is 0.200. The summed E-state index contributed by atoms with van der Waals surface area (Å²) >= 11 is 5.88. The Hall–Kier alpha value is -0.600. The van der Waals surface area contributed by atoms with Gasteiger partial charge in [0.1, 0.15) is 5.82 Å². The fourth-order valence-electron chi connectivity index (χ4n) is 3.49. The van der Waals surface area contributed by atoms with E-state index in [1.54, 1.807) is 6.07 Å². The third kappa shape index (κ3) is 1.96. The Kier molecular flexibility index (Phi) is 3.70. The first-order chi connectivity index (χ1) is 8.52. The molecule has 18 heavy (non-hydrogen) atoms. The van der Waals surface area contributed by atoms with Gasteiger partial charge in [-0.3, -0.25) is 0 Å². The Balaban J connectivity index is 2.34. The molecule has 2 N–H and O–H groups in total. The fourth-order valence-corrected chi connectivity index (χ4v) is 3.67. The Labute approximate surface area is 114 Å². The normalized spacial score (nSPS) is 20.5. The Bertz CT molecular complexity index is 432. The molecule has 0 aliphatic heterocycles. The zero-order valence-electron chi connectivity index (χ0n) is 11.1. The van der Waals surface area contributed by atoms with Crippen molar-refractivity contribution < 1.29 is 4.39 Å². The number of nitrogens with two attached hydrogens (primary N) is 1. The van der Waals surface area contributed by atoms with E-state index in [0.29, 0.717) is 17.5 Å². The molecule has 100 valence electrons. The van der Waals surface area contributed by atoms with Crippen molar-refractivity contribution in [2.24, 2.45) is 11.1 Å². The molecule has 0 radical (unpaired) electrons. The van der Waals surface area contributed by atoms with Crippen molar-refractivity contribution in [3.8, 4) is 0 Å². The Morgan fingerprint density at radius 1 is 1.28 bits per heavy atom. The van der Waals surface area contributed by atoms with Gasteiger partial charge >= 0.3 is 0 Å². The first-order valence-electron chi connectivity index (χ1n) is 6.67. The standard InChI is InChI=1S/C15H21ClFN/c1-3-14(4-2)8-15(9-14,10-18)11-6-5-7-12(16)13(11)17/h5-7H,3-4,8-10,18H2,1-2H3. The van der Waals surface area contributed by atoms with E-state index >= 15 is 0 Å². The molecule has 2 rings (SSSR count). The van der Waals surface area contributed by atoms with Gasteiger partial charge in [0.05, 0.1) is 5.02 Å². The molecule has 0 unspecified atom stereocenters. The minimum Gasteiger partial charge on any atom is -0.330 e. The predicted molar refractivity (Wildman–Crippen MR) is 74.4 cm³/mol. The Morgan fingerprint density at radius 2 is 1.89 bits per heavy atom. The lowest BCUT2D eigenvalue weighted by Gasteiger charge is -2.56. The highest BCUT2D eigenvalue weighted by Crippen LogP contribution is 2.59. The zero-order valence-corrected chi connectivity index (χ0v) is 11.9. The van der Waals surface area contributed by atoms with Gasteiger partial charge in [-0.05, 0) is 29.9 Å². The second kappa shape index (κ2) is 4.82. The lowest BCUT2D eigenvalue weighted by atomic mass is 9.48. The predicted octanol–water partition coefficient (Wildman–Crippen LogP) is 4.28. The SMILES string of the molecule is CCC1(CC)CC(CN)(c2cccc(Cl)c2F)C1. The van der Waals surface area contributed by atoms with Gasteiger partial charge in [0.2, 0.25) is 0 Å². The maximum atomic E-state index is 14.2. The highest BCUT2D eigenvalue weighted by molar-refractivity contribution is 6.30. The van der Waals surface area contributed by atoms with Crippen LogP contribution in [0.1, 0.15) is 45.1 Å². The van der Waals surface area contributed by atoms with Crippen molar-refractivity contribution in [1.82, 2.24) is 0 Å². The molecular formula is C15H21ClFN. The molecule has 1 saturated carbocycles. The van der Waals surface area contributed by atoms with Crippen LogP contribution in [0.4, 0.5) is 4.39 Å². The van der Waals surface area contributed by atoms with Crippen LogP contribution in [0.2, 0.25) is 5.02 Å². The quantitative estimate of drug-likeness (QED) is 0.868. The van der Waals surface area contributed by atoms with Crippen molar-refractivity contribution in [2.75, 3.05) is 6.54 Å². The van der Waals surface area contributed by atoms with Crippen molar-refractivity contribution in [1.29, 1.82) is 0 Å². The lowest BCUT2D eigenvalue weighted by Crippen LogP contribution is -2.53. The zero-order chi connectivity index (χ0) is 13.4. The van der Waals surface area contributed by atoms with Crippen molar-refractivity contribution in [3.05, 3.63) is 34.6 Å². The molecule has 3 heteroatoms. The summed E-state index contributed by atoms with van der Waals surface area (Å²) in [7, 11) is 0. The van der Waals surface area contributed by atoms with E-state index < -0.39 is 0 Å². The van der Waals surface area contributed by atoms with Crippen LogP contribution in [0, 0.1) is 11.2 Å². The highest BCUT2D eigenvalue weighted by atomic mass is 35.5. The molecule has 0 heterocycles. The molecule has 1 aromatic carbocycles. The van der Waals surface area contributed by atoms with Crippen LogP contribution in [0.25, 0.3) is 0 Å². The van der Waals surface area contributed by atoms with Crippen molar-refractivity contribution in [2.45, 2.75) is 44.9 Å². The molecule has 0 atom stereocenters. The van der Waals surface area contributed by atoms with Crippen LogP contribution in [0.15, 0.2) is 18.2 Å². The second-order valence-electron chi connectivity index (χ2n) is 5.65. The first-order valence-corrected chi connectivity index (χ1v) is 7.05. The van der Waals surface area contributed by atoms with E-state index in [9.17, 15) is 4.39 Å². The number of benzene rings is 1. The van der Waals surface area contributed by atoms with Crippen molar-refractivity contribution in [3.63, 3.8) is 0 Å². The minimum atomic E-state index is -0.287. The van der Waals surface area contributed by atoms with Crippen LogP contribution in [-0.2, 0) is 5.41 Å². The monoisotopic (exact) mass is 269 g/mol. The van der Waals surface area contributed by atoms with Gasteiger partial charge in [0.25, 0.3) is 0 Å². The molecule has 1 nitrogen and oxygen atoms in total. The molecule has 1 fully saturated rings. The number of halogens is 2. The van der Waals surface area contributed by atoms with Crippen LogP contribution in [0.5, 0.6) is 0 Å². The van der Waals surface area contributed by atoms with Gasteiger partial charge in [-0.15, -0.1) is 0 Å². The van der Waals surface area contributed by atoms with Crippen LogP contribution >= 0.6 is 11.6 Å². The van der Waals surface area contributed by atoms with Gasteiger partial charge in [-0.2, -0.15) is 0 Å². The maximum absolute atomic E-state index is 14.2. The first kappa shape index (κ1) is 13.8. The number of rotatable bonds is 4.